The summed E-state index contributed by atoms with van der Waals surface area (Å²) in [6, 6.07) is 0. The smallest absolute Gasteiger partial charge is 0 e. The predicted octanol–water partition coefficient (Wildman–Crippen LogP) is -0.0100. The van der Waals surface area contributed by atoms with Gasteiger partial charge in [-0.2, -0.15) is 0 Å². The second kappa shape index (κ2) is 17.0. The summed E-state index contributed by atoms with van der Waals surface area (Å²) in [5, 5.41) is 0. The molecule has 0 spiro atoms. The summed E-state index contributed by atoms with van der Waals surface area (Å²) in [6.07, 6.45) is 0. The van der Waals surface area contributed by atoms with Crippen molar-refractivity contribution in [2.24, 2.45) is 0 Å². The molecule has 0 saturated carbocycles. The molecule has 2 radical (unpaired) electrons. The maximum atomic E-state index is 0. The zero-order valence-electron chi connectivity index (χ0n) is 1.24. The van der Waals surface area contributed by atoms with E-state index in [0.29, 0.717) is 0 Å². The van der Waals surface area contributed by atoms with Crippen molar-refractivity contribution in [2.75, 3.05) is 0 Å². The van der Waals surface area contributed by atoms with Gasteiger partial charge in [0.2, 0.25) is 0 Å². The Kier molecular flexibility index (Phi) is 123. The first-order chi connectivity index (χ1) is 0. The van der Waals surface area contributed by atoms with Gasteiger partial charge in [-0.15, -0.1) is 0 Å². The molecule has 0 aromatic carbocycles. The molecule has 0 fully saturated rings. The Morgan fingerprint density at radius 2 is 0.750 bits per heavy atom. The molecular formula is Ag2PdPt. The van der Waals surface area contributed by atoms with Crippen LogP contribution in [-0.2, 0) is 86.2 Å². The molecule has 0 aliphatic rings. The van der Waals surface area contributed by atoms with Crippen LogP contribution in [0.15, 0.2) is 0 Å². The first-order valence-corrected chi connectivity index (χ1v) is 0. The minimum absolute atomic E-state index is 0. The summed E-state index contributed by atoms with van der Waals surface area (Å²) in [5.74, 6) is 0. The molecule has 0 aliphatic carbocycles. The quantitative estimate of drug-likeness (QED) is 0.397. The first-order valence-electron chi connectivity index (χ1n) is 0. The van der Waals surface area contributed by atoms with Gasteiger partial charge in [0, 0.05) is 86.2 Å². The molecule has 0 heterocycles. The van der Waals surface area contributed by atoms with Crippen molar-refractivity contribution in [3.8, 4) is 0 Å². The molecule has 0 aliphatic heterocycles. The van der Waals surface area contributed by atoms with Gasteiger partial charge in [-0.3, -0.25) is 0 Å². The Morgan fingerprint density at radius 1 is 0.750 bits per heavy atom. The molecule has 4 heteroatoms. The Bertz CT molecular complexity index is 6.00. The second-order valence-electron chi connectivity index (χ2n) is 0. The van der Waals surface area contributed by atoms with Crippen LogP contribution in [0.3, 0.4) is 0 Å². The van der Waals surface area contributed by atoms with Crippen molar-refractivity contribution in [1.29, 1.82) is 0 Å². The minimum Gasteiger partial charge on any atom is 0 e. The van der Waals surface area contributed by atoms with Gasteiger partial charge >= 0.3 is 0 Å². The zero-order valence-corrected chi connectivity index (χ0v) is 8.03. The van der Waals surface area contributed by atoms with E-state index in [-0.39, 0.29) is 86.2 Å². The molecule has 0 bridgehead atoms. The third-order valence-corrected chi connectivity index (χ3v) is 0. The molecule has 0 atom stereocenters. The standard InChI is InChI=1S/2Ag.Pd.Pt. The zero-order chi connectivity index (χ0) is 0. The van der Waals surface area contributed by atoms with E-state index in [1.54, 1.807) is 0 Å². The summed E-state index contributed by atoms with van der Waals surface area (Å²) in [6.45, 7) is 0. The molecule has 0 nitrogen and oxygen atoms in total. The second-order valence-corrected chi connectivity index (χ2v) is 0. The van der Waals surface area contributed by atoms with Gasteiger partial charge in [0.15, 0.2) is 0 Å². The van der Waals surface area contributed by atoms with Gasteiger partial charge in [-0.1, -0.05) is 0 Å². The van der Waals surface area contributed by atoms with Crippen molar-refractivity contribution in [3.05, 3.63) is 0 Å². The Hall–Kier alpha value is 2.83. The van der Waals surface area contributed by atoms with E-state index >= 15 is 0 Å². The number of hydrogen-bond donors (Lipinski definition) is 0. The topological polar surface area (TPSA) is 0 Å². The van der Waals surface area contributed by atoms with Gasteiger partial charge in [-0.05, 0) is 0 Å². The van der Waals surface area contributed by atoms with Gasteiger partial charge in [-0.25, -0.2) is 0 Å². The SMILES string of the molecule is [Ag].[Ag].[Pd].[Pt]. The van der Waals surface area contributed by atoms with Crippen LogP contribution in [-0.4, -0.2) is 0 Å². The molecule has 4 heavy (non-hydrogen) atoms. The van der Waals surface area contributed by atoms with Gasteiger partial charge < -0.3 is 0 Å². The van der Waals surface area contributed by atoms with Crippen LogP contribution < -0.4 is 0 Å². The molecule has 0 unspecified atom stereocenters. The van der Waals surface area contributed by atoms with Crippen molar-refractivity contribution in [3.63, 3.8) is 0 Å². The van der Waals surface area contributed by atoms with Crippen LogP contribution in [0.2, 0.25) is 0 Å². The van der Waals surface area contributed by atoms with E-state index in [1.165, 1.54) is 0 Å². The number of hydrogen-bond acceptors (Lipinski definition) is 0. The third-order valence-electron chi connectivity index (χ3n) is 0. The average Bonchev–Trinajstić information content (AvgIpc) is 0. The fourth-order valence-electron chi connectivity index (χ4n) is 0. The van der Waals surface area contributed by atoms with E-state index in [1.807, 2.05) is 0 Å². The Labute approximate surface area is 84.8 Å². The Morgan fingerprint density at radius 3 is 0.750 bits per heavy atom. The molecule has 0 N–H and O–H groups in total. The summed E-state index contributed by atoms with van der Waals surface area (Å²) in [4.78, 5) is 0. The van der Waals surface area contributed by atoms with Crippen LogP contribution in [0.5, 0.6) is 0 Å². The molecular weight excluding hydrogens is 517 g/mol. The molecule has 0 aromatic heterocycles. The van der Waals surface area contributed by atoms with Gasteiger partial charge in [0.1, 0.15) is 0 Å². The van der Waals surface area contributed by atoms with E-state index in [9.17, 15) is 0 Å². The van der Waals surface area contributed by atoms with Gasteiger partial charge in [0.25, 0.3) is 0 Å². The van der Waals surface area contributed by atoms with Crippen LogP contribution in [0.1, 0.15) is 0 Å². The van der Waals surface area contributed by atoms with Crippen molar-refractivity contribution >= 4 is 0 Å². The summed E-state index contributed by atoms with van der Waals surface area (Å²) >= 11 is 0. The normalized spacial score (nSPS) is 0. The molecule has 0 saturated heterocycles. The van der Waals surface area contributed by atoms with Crippen molar-refractivity contribution < 1.29 is 86.2 Å². The largest absolute Gasteiger partial charge is 0 e. The molecule has 0 rings (SSSR count). The van der Waals surface area contributed by atoms with E-state index in [4.69, 9.17) is 0 Å². The van der Waals surface area contributed by atoms with Crippen molar-refractivity contribution in [2.45, 2.75) is 0 Å². The van der Waals surface area contributed by atoms with E-state index in [2.05, 4.69) is 0 Å². The maximum Gasteiger partial charge on any atom is 0 e. The van der Waals surface area contributed by atoms with E-state index in [0.717, 1.165) is 0 Å². The third kappa shape index (κ3) is 8.85. The summed E-state index contributed by atoms with van der Waals surface area (Å²) in [5.41, 5.74) is 0. The Balaban J connectivity index is 0. The van der Waals surface area contributed by atoms with Gasteiger partial charge in [0.05, 0.1) is 0 Å². The average molecular weight is 517 g/mol. The molecule has 42 valence electrons. The molecule has 0 amide bonds. The van der Waals surface area contributed by atoms with E-state index < -0.39 is 0 Å². The van der Waals surface area contributed by atoms with Crippen LogP contribution >= 0.6 is 0 Å². The summed E-state index contributed by atoms with van der Waals surface area (Å²) in [7, 11) is 0. The fourth-order valence-corrected chi connectivity index (χ4v) is 0. The fraction of sp³-hybridized carbons (Fsp3) is 0. The number of rotatable bonds is 0. The minimum atomic E-state index is 0. The van der Waals surface area contributed by atoms with Crippen molar-refractivity contribution in [1.82, 2.24) is 0 Å². The maximum absolute atomic E-state index is 0. The predicted molar refractivity (Wildman–Crippen MR) is 0 cm³/mol. The monoisotopic (exact) mass is 515 g/mol. The van der Waals surface area contributed by atoms with Crippen LogP contribution in [0.4, 0.5) is 0 Å². The first kappa shape index (κ1) is 29.0. The van der Waals surface area contributed by atoms with Crippen LogP contribution in [0.25, 0.3) is 0 Å². The summed E-state index contributed by atoms with van der Waals surface area (Å²) < 4.78 is 0. The van der Waals surface area contributed by atoms with Crippen LogP contribution in [0, 0.1) is 0 Å². The molecule has 0 aromatic rings.